The Morgan fingerprint density at radius 2 is 1.76 bits per heavy atom. The van der Waals surface area contributed by atoms with Crippen LogP contribution in [-0.2, 0) is 24.4 Å². The molecule has 1 fully saturated rings. The minimum Gasteiger partial charge on any atom is -0.489 e. The van der Waals surface area contributed by atoms with Crippen LogP contribution >= 0.6 is 11.8 Å². The summed E-state index contributed by atoms with van der Waals surface area (Å²) >= 11 is 1.44. The van der Waals surface area contributed by atoms with Gasteiger partial charge in [0.25, 0.3) is 19.7 Å². The average molecular weight is 768 g/mol. The van der Waals surface area contributed by atoms with E-state index in [0.717, 1.165) is 22.7 Å². The van der Waals surface area contributed by atoms with Gasteiger partial charge in [-0.15, -0.1) is 11.8 Å². The number of ether oxygens (including phenoxy) is 2. The van der Waals surface area contributed by atoms with E-state index in [1.807, 2.05) is 30.3 Å². The van der Waals surface area contributed by atoms with Crippen molar-refractivity contribution in [2.75, 3.05) is 73.8 Å². The number of hydrogen-bond acceptors (Lipinski definition) is 12. The van der Waals surface area contributed by atoms with Crippen molar-refractivity contribution in [1.82, 2.24) is 4.90 Å². The van der Waals surface area contributed by atoms with Crippen LogP contribution in [0.15, 0.2) is 86.4 Å². The maximum atomic E-state index is 14.0. The van der Waals surface area contributed by atoms with Gasteiger partial charge in [0.15, 0.2) is 0 Å². The quantitative estimate of drug-likeness (QED) is 0.256. The summed E-state index contributed by atoms with van der Waals surface area (Å²) in [6.07, 6.45) is 2.22. The molecule has 3 heterocycles. The van der Waals surface area contributed by atoms with E-state index in [4.69, 9.17) is 9.47 Å². The monoisotopic (exact) mass is 767 g/mol. The van der Waals surface area contributed by atoms with E-state index in [9.17, 15) is 34.8 Å². The molecule has 3 aliphatic rings. The highest BCUT2D eigenvalue weighted by molar-refractivity contribution is 8.06. The predicted octanol–water partition coefficient (Wildman–Crippen LogP) is 4.93. The third-order valence-electron chi connectivity index (χ3n) is 8.63. The molecular formula is C33H36F3N5O7S3. The van der Waals surface area contributed by atoms with E-state index < -0.39 is 51.9 Å². The molecular weight excluding hydrogens is 732 g/mol. The van der Waals surface area contributed by atoms with Gasteiger partial charge in [-0.3, -0.25) is 14.7 Å². The summed E-state index contributed by atoms with van der Waals surface area (Å²) in [7, 11) is -11.1. The third kappa shape index (κ3) is 8.46. The first-order valence-electron chi connectivity index (χ1n) is 16.1. The zero-order valence-corrected chi connectivity index (χ0v) is 29.7. The lowest BCUT2D eigenvalue weighted by Gasteiger charge is -2.38. The lowest BCUT2D eigenvalue weighted by atomic mass is 10.1. The van der Waals surface area contributed by atoms with Crippen molar-refractivity contribution in [2.45, 2.75) is 38.7 Å². The van der Waals surface area contributed by atoms with Crippen LogP contribution in [0, 0.1) is 0 Å². The Labute approximate surface area is 298 Å². The molecule has 1 amide bonds. The van der Waals surface area contributed by atoms with Gasteiger partial charge in [0, 0.05) is 60.8 Å². The first-order chi connectivity index (χ1) is 24.3. The van der Waals surface area contributed by atoms with Crippen molar-refractivity contribution >= 4 is 60.0 Å². The van der Waals surface area contributed by atoms with E-state index in [2.05, 4.69) is 25.4 Å². The fourth-order valence-corrected chi connectivity index (χ4v) is 8.88. The molecule has 3 aromatic carbocycles. The second-order valence-electron chi connectivity index (χ2n) is 12.0. The Morgan fingerprint density at radius 3 is 2.51 bits per heavy atom. The number of halogens is 3. The molecule has 0 aliphatic carbocycles. The molecule has 0 bridgehead atoms. The number of carbonyl (C=O) groups is 1. The summed E-state index contributed by atoms with van der Waals surface area (Å²) in [5.74, 6) is 0.762. The Morgan fingerprint density at radius 1 is 1.00 bits per heavy atom. The van der Waals surface area contributed by atoms with Crippen molar-refractivity contribution in [3.63, 3.8) is 0 Å². The maximum absolute atomic E-state index is 14.0. The summed E-state index contributed by atoms with van der Waals surface area (Å²) < 4.78 is 106. The van der Waals surface area contributed by atoms with Gasteiger partial charge in [0.2, 0.25) is 0 Å². The minimum absolute atomic E-state index is 0.0608. The SMILES string of the molecule is O=C(Nc1ccc2c(c1)OC[C@@H]1C=NCCN21)S(=O)(=O)c1ccc(N[C@H](CCN2CCOCC2)CSc2ccccc2)c(S(=O)(=O)C(F)(F)F)c1. The van der Waals surface area contributed by atoms with Crippen molar-refractivity contribution in [3.05, 3.63) is 66.7 Å². The number of sulfone groups is 2. The van der Waals surface area contributed by atoms with Crippen molar-refractivity contribution < 1.29 is 44.3 Å². The second kappa shape index (κ2) is 15.4. The fourth-order valence-electron chi connectivity index (χ4n) is 5.88. The summed E-state index contributed by atoms with van der Waals surface area (Å²) in [6.45, 7) is 4.53. The Kier molecular flexibility index (Phi) is 11.2. The van der Waals surface area contributed by atoms with Gasteiger partial charge < -0.3 is 25.0 Å². The number of alkyl halides is 3. The lowest BCUT2D eigenvalue weighted by Crippen LogP contribution is -2.47. The van der Waals surface area contributed by atoms with Gasteiger partial charge in [-0.25, -0.2) is 16.8 Å². The average Bonchev–Trinajstić information content (AvgIpc) is 3.13. The van der Waals surface area contributed by atoms with E-state index in [0.29, 0.717) is 76.5 Å². The van der Waals surface area contributed by atoms with Gasteiger partial charge in [-0.05, 0) is 48.9 Å². The summed E-state index contributed by atoms with van der Waals surface area (Å²) in [5.41, 5.74) is -5.39. The molecule has 18 heteroatoms. The molecule has 1 saturated heterocycles. The van der Waals surface area contributed by atoms with E-state index in [1.54, 1.807) is 12.3 Å². The number of hydrogen-bond donors (Lipinski definition) is 2. The Bertz CT molecular complexity index is 1980. The molecule has 0 saturated carbocycles. The highest BCUT2D eigenvalue weighted by Crippen LogP contribution is 2.38. The molecule has 51 heavy (non-hydrogen) atoms. The number of nitrogens with one attached hydrogen (secondary N) is 2. The Balaban J connectivity index is 1.26. The number of benzene rings is 3. The van der Waals surface area contributed by atoms with Crippen LogP contribution in [0.4, 0.5) is 35.0 Å². The molecule has 0 unspecified atom stereocenters. The van der Waals surface area contributed by atoms with Crippen LogP contribution in [0.1, 0.15) is 6.42 Å². The summed E-state index contributed by atoms with van der Waals surface area (Å²) in [5, 5.41) is 3.66. The molecule has 0 aromatic heterocycles. The molecule has 3 aliphatic heterocycles. The fraction of sp³-hybridized carbons (Fsp3) is 0.394. The largest absolute Gasteiger partial charge is 0.501 e. The third-order valence-corrected chi connectivity index (χ3v) is 12.8. The number of aliphatic imine (C=N–C) groups is 1. The number of nitrogens with zero attached hydrogens (tertiary/aromatic N) is 3. The zero-order valence-electron chi connectivity index (χ0n) is 27.2. The van der Waals surface area contributed by atoms with Crippen LogP contribution in [-0.4, -0.2) is 109 Å². The zero-order chi connectivity index (χ0) is 36.2. The van der Waals surface area contributed by atoms with Crippen LogP contribution in [0.3, 0.4) is 0 Å². The van der Waals surface area contributed by atoms with Crippen molar-refractivity contribution in [3.8, 4) is 5.75 Å². The first-order valence-corrected chi connectivity index (χ1v) is 20.1. The molecule has 0 radical (unpaired) electrons. The highest BCUT2D eigenvalue weighted by Gasteiger charge is 2.48. The maximum Gasteiger partial charge on any atom is 0.501 e. The smallest absolute Gasteiger partial charge is 0.489 e. The normalized spacial score (nSPS) is 18.6. The Hall–Kier alpha value is -3.84. The molecule has 3 aromatic rings. The number of anilines is 3. The van der Waals surface area contributed by atoms with Gasteiger partial charge in [0.1, 0.15) is 17.3 Å². The van der Waals surface area contributed by atoms with Crippen molar-refractivity contribution in [1.29, 1.82) is 0 Å². The number of morpholine rings is 1. The van der Waals surface area contributed by atoms with Crippen LogP contribution in [0.5, 0.6) is 5.75 Å². The minimum atomic E-state index is -6.07. The standard InChI is InChI=1S/C33H36F3N5O7S3/c34-33(35,36)51(45,46)31-19-27(50(43,44)32(42)39-23-6-9-29-30(18-23)48-21-25-20-37-11-13-41(25)29)7-8-28(31)38-24(10-12-40-14-16-47-17-15-40)22-49-26-4-2-1-3-5-26/h1-9,18-20,24-25,38H,10-17,21-22H2,(H,39,42)/t24-,25+/m1/s1. The van der Waals surface area contributed by atoms with Gasteiger partial charge in [-0.2, -0.15) is 13.2 Å². The molecule has 6 rings (SSSR count). The summed E-state index contributed by atoms with van der Waals surface area (Å²) in [6, 6.07) is 15.6. The van der Waals surface area contributed by atoms with Gasteiger partial charge >= 0.3 is 10.7 Å². The van der Waals surface area contributed by atoms with Gasteiger partial charge in [0.05, 0.1) is 42.1 Å². The highest BCUT2D eigenvalue weighted by atomic mass is 32.2. The molecule has 12 nitrogen and oxygen atoms in total. The first kappa shape index (κ1) is 36.9. The number of fused-ring (bicyclic) bond motifs is 3. The molecule has 2 N–H and O–H groups in total. The molecule has 0 spiro atoms. The summed E-state index contributed by atoms with van der Waals surface area (Å²) in [4.78, 5) is 20.3. The van der Waals surface area contributed by atoms with Crippen LogP contribution in [0.25, 0.3) is 0 Å². The van der Waals surface area contributed by atoms with E-state index >= 15 is 0 Å². The number of amides is 1. The number of thioether (sulfide) groups is 1. The van der Waals surface area contributed by atoms with E-state index in [-0.39, 0.29) is 11.7 Å². The van der Waals surface area contributed by atoms with Gasteiger partial charge in [-0.1, -0.05) is 18.2 Å². The number of rotatable bonds is 11. The lowest BCUT2D eigenvalue weighted by molar-refractivity contribution is -0.0435. The topological polar surface area (TPSA) is 147 Å². The van der Waals surface area contributed by atoms with Crippen LogP contribution < -0.4 is 20.3 Å². The van der Waals surface area contributed by atoms with E-state index in [1.165, 1.54) is 23.9 Å². The van der Waals surface area contributed by atoms with Crippen LogP contribution in [0.2, 0.25) is 0 Å². The second-order valence-corrected chi connectivity index (χ2v) is 16.9. The molecule has 274 valence electrons. The number of carbonyl (C=O) groups excluding carboxylic acids is 1. The predicted molar refractivity (Wildman–Crippen MR) is 189 cm³/mol. The van der Waals surface area contributed by atoms with Crippen molar-refractivity contribution in [2.24, 2.45) is 4.99 Å². The molecule has 2 atom stereocenters.